The third kappa shape index (κ3) is 4.96. The molecule has 0 bridgehead atoms. The summed E-state index contributed by atoms with van der Waals surface area (Å²) in [6, 6.07) is 19.8. The highest BCUT2D eigenvalue weighted by molar-refractivity contribution is 7.89. The smallest absolute Gasteiger partial charge is 0.255 e. The van der Waals surface area contributed by atoms with E-state index in [2.05, 4.69) is 5.32 Å². The summed E-state index contributed by atoms with van der Waals surface area (Å²) in [7, 11) is -3.65. The molecule has 1 heterocycles. The molecule has 0 aliphatic carbocycles. The fraction of sp³-hybridized carbons (Fsp3) is 0.231. The van der Waals surface area contributed by atoms with Gasteiger partial charge in [-0.05, 0) is 48.0 Å². The van der Waals surface area contributed by atoms with Crippen molar-refractivity contribution >= 4 is 39.1 Å². The van der Waals surface area contributed by atoms with Gasteiger partial charge in [0.15, 0.2) is 0 Å². The van der Waals surface area contributed by atoms with Crippen LogP contribution < -0.4 is 5.32 Å². The van der Waals surface area contributed by atoms with Crippen molar-refractivity contribution in [3.63, 3.8) is 0 Å². The van der Waals surface area contributed by atoms with Gasteiger partial charge in [0.2, 0.25) is 15.9 Å². The Bertz CT molecular complexity index is 1340. The van der Waals surface area contributed by atoms with E-state index < -0.39 is 22.0 Å². The van der Waals surface area contributed by atoms with E-state index >= 15 is 0 Å². The lowest BCUT2D eigenvalue weighted by atomic mass is 9.95. The van der Waals surface area contributed by atoms with Gasteiger partial charge in [-0.15, -0.1) is 0 Å². The van der Waals surface area contributed by atoms with Crippen molar-refractivity contribution in [2.45, 2.75) is 24.8 Å². The van der Waals surface area contributed by atoms with Crippen LogP contribution in [0, 0.1) is 0 Å². The van der Waals surface area contributed by atoms with Crippen LogP contribution in [0.3, 0.4) is 0 Å². The molecule has 2 amide bonds. The molecule has 1 N–H and O–H groups in total. The van der Waals surface area contributed by atoms with E-state index in [0.29, 0.717) is 29.4 Å². The van der Waals surface area contributed by atoms with Crippen molar-refractivity contribution in [1.82, 2.24) is 9.21 Å². The highest BCUT2D eigenvalue weighted by atomic mass is 35.5. The van der Waals surface area contributed by atoms with Crippen LogP contribution in [-0.4, -0.2) is 49.1 Å². The van der Waals surface area contributed by atoms with Crippen LogP contribution in [0.2, 0.25) is 5.02 Å². The van der Waals surface area contributed by atoms with E-state index in [9.17, 15) is 18.0 Å². The average molecular weight is 512 g/mol. The number of nitrogens with zero attached hydrogens (tertiary/aromatic N) is 2. The van der Waals surface area contributed by atoms with E-state index in [1.807, 2.05) is 30.3 Å². The Morgan fingerprint density at radius 1 is 1.03 bits per heavy atom. The van der Waals surface area contributed by atoms with Gasteiger partial charge in [-0.3, -0.25) is 9.59 Å². The SMILES string of the molecule is CCN(CC)S(=O)(=O)c1ccc(C(=O)N2CC(=O)Nc3ccc(Cl)cc3[C@@H]2c2ccccc2)cc1. The molecular weight excluding hydrogens is 486 g/mol. The number of nitrogens with one attached hydrogen (secondary N) is 1. The second-order valence-electron chi connectivity index (χ2n) is 8.14. The van der Waals surface area contributed by atoms with Crippen molar-refractivity contribution in [2.75, 3.05) is 25.0 Å². The van der Waals surface area contributed by atoms with E-state index in [0.717, 1.165) is 5.56 Å². The molecule has 0 saturated heterocycles. The third-order valence-corrected chi connectivity index (χ3v) is 8.33. The number of anilines is 1. The number of rotatable bonds is 6. The average Bonchev–Trinajstić information content (AvgIpc) is 3.00. The van der Waals surface area contributed by atoms with Crippen LogP contribution in [0.1, 0.15) is 41.4 Å². The number of carbonyl (C=O) groups excluding carboxylic acids is 2. The molecular formula is C26H26ClN3O4S. The van der Waals surface area contributed by atoms with Crippen LogP contribution in [0.25, 0.3) is 0 Å². The van der Waals surface area contributed by atoms with Gasteiger partial charge >= 0.3 is 0 Å². The van der Waals surface area contributed by atoms with Gasteiger partial charge < -0.3 is 10.2 Å². The molecule has 0 fully saturated rings. The summed E-state index contributed by atoms with van der Waals surface area (Å²) in [4.78, 5) is 28.1. The molecule has 4 rings (SSSR count). The summed E-state index contributed by atoms with van der Waals surface area (Å²) in [6.45, 7) is 4.07. The maximum Gasteiger partial charge on any atom is 0.255 e. The first kappa shape index (κ1) is 24.9. The van der Waals surface area contributed by atoms with Crippen LogP contribution in [-0.2, 0) is 14.8 Å². The molecule has 1 aliphatic rings. The van der Waals surface area contributed by atoms with Crippen LogP contribution in [0.15, 0.2) is 77.7 Å². The Kier molecular flexibility index (Phi) is 7.25. The first-order valence-corrected chi connectivity index (χ1v) is 13.1. The van der Waals surface area contributed by atoms with E-state index in [-0.39, 0.29) is 22.9 Å². The second kappa shape index (κ2) is 10.2. The molecule has 1 aliphatic heterocycles. The lowest BCUT2D eigenvalue weighted by Gasteiger charge is -2.31. The second-order valence-corrected chi connectivity index (χ2v) is 10.5. The zero-order chi connectivity index (χ0) is 25.2. The Morgan fingerprint density at radius 2 is 1.69 bits per heavy atom. The number of sulfonamides is 1. The Balaban J connectivity index is 1.77. The number of hydrogen-bond donors (Lipinski definition) is 1. The van der Waals surface area contributed by atoms with Crippen LogP contribution >= 0.6 is 11.6 Å². The Labute approximate surface area is 210 Å². The Morgan fingerprint density at radius 3 is 2.31 bits per heavy atom. The number of benzene rings is 3. The van der Waals surface area contributed by atoms with E-state index in [4.69, 9.17) is 11.6 Å². The third-order valence-electron chi connectivity index (χ3n) is 6.03. The van der Waals surface area contributed by atoms with E-state index in [1.54, 1.807) is 32.0 Å². The summed E-state index contributed by atoms with van der Waals surface area (Å²) in [5.74, 6) is -0.727. The standard InChI is InChI=1S/C26H26ClN3O4S/c1-3-29(4-2)35(33,34)21-13-10-19(11-14-21)26(32)30-17-24(31)28-23-15-12-20(27)16-22(23)25(30)18-8-6-5-7-9-18/h5-16,25H,3-4,17H2,1-2H3,(H,28,31)/t25-/m0/s1. The maximum absolute atomic E-state index is 13.7. The quantitative estimate of drug-likeness (QED) is 0.526. The van der Waals surface area contributed by atoms with Crippen molar-refractivity contribution < 1.29 is 18.0 Å². The minimum absolute atomic E-state index is 0.114. The predicted molar refractivity (Wildman–Crippen MR) is 136 cm³/mol. The number of amides is 2. The molecule has 7 nitrogen and oxygen atoms in total. The van der Waals surface area contributed by atoms with Gasteiger partial charge in [-0.2, -0.15) is 4.31 Å². The summed E-state index contributed by atoms with van der Waals surface area (Å²) in [5, 5.41) is 3.35. The van der Waals surface area contributed by atoms with Crippen molar-refractivity contribution in [3.8, 4) is 0 Å². The molecule has 0 unspecified atom stereocenters. The summed E-state index contributed by atoms with van der Waals surface area (Å²) in [6.07, 6.45) is 0. The number of fused-ring (bicyclic) bond motifs is 1. The molecule has 182 valence electrons. The van der Waals surface area contributed by atoms with Crippen molar-refractivity contribution in [3.05, 3.63) is 94.5 Å². The highest BCUT2D eigenvalue weighted by Crippen LogP contribution is 2.38. The van der Waals surface area contributed by atoms with E-state index in [1.165, 1.54) is 33.5 Å². The number of carbonyl (C=O) groups is 2. The molecule has 0 radical (unpaired) electrons. The Hall–Kier alpha value is -3.20. The maximum atomic E-state index is 13.7. The van der Waals surface area contributed by atoms with Gasteiger partial charge in [0.1, 0.15) is 6.54 Å². The first-order chi connectivity index (χ1) is 16.8. The fourth-order valence-corrected chi connectivity index (χ4v) is 5.95. The molecule has 0 aromatic heterocycles. The number of hydrogen-bond acceptors (Lipinski definition) is 4. The first-order valence-electron chi connectivity index (χ1n) is 11.3. The van der Waals surface area contributed by atoms with Crippen LogP contribution in [0.4, 0.5) is 5.69 Å². The van der Waals surface area contributed by atoms with Crippen LogP contribution in [0.5, 0.6) is 0 Å². The highest BCUT2D eigenvalue weighted by Gasteiger charge is 2.34. The molecule has 9 heteroatoms. The molecule has 3 aromatic carbocycles. The van der Waals surface area contributed by atoms with Crippen molar-refractivity contribution in [2.24, 2.45) is 0 Å². The number of halogens is 1. The van der Waals surface area contributed by atoms with Gasteiger partial charge in [-0.25, -0.2) is 8.42 Å². The van der Waals surface area contributed by atoms with Gasteiger partial charge in [-0.1, -0.05) is 55.8 Å². The van der Waals surface area contributed by atoms with Gasteiger partial charge in [0.25, 0.3) is 5.91 Å². The molecule has 1 atom stereocenters. The normalized spacial score (nSPS) is 15.9. The minimum atomic E-state index is -3.65. The largest absolute Gasteiger partial charge is 0.324 e. The predicted octanol–water partition coefficient (Wildman–Crippen LogP) is 4.55. The zero-order valence-corrected chi connectivity index (χ0v) is 21.0. The molecule has 0 spiro atoms. The monoisotopic (exact) mass is 511 g/mol. The molecule has 35 heavy (non-hydrogen) atoms. The summed E-state index contributed by atoms with van der Waals surface area (Å²) >= 11 is 6.30. The van der Waals surface area contributed by atoms with Crippen molar-refractivity contribution in [1.29, 1.82) is 0 Å². The summed E-state index contributed by atoms with van der Waals surface area (Å²) in [5.41, 5.74) is 2.39. The zero-order valence-electron chi connectivity index (χ0n) is 19.4. The molecule has 0 saturated carbocycles. The van der Waals surface area contributed by atoms with Gasteiger partial charge in [0, 0.05) is 34.9 Å². The lowest BCUT2D eigenvalue weighted by Crippen LogP contribution is -2.39. The lowest BCUT2D eigenvalue weighted by molar-refractivity contribution is -0.117. The molecule has 3 aromatic rings. The minimum Gasteiger partial charge on any atom is -0.324 e. The van der Waals surface area contributed by atoms with Gasteiger partial charge in [0.05, 0.1) is 10.9 Å². The fourth-order valence-electron chi connectivity index (χ4n) is 4.31. The topological polar surface area (TPSA) is 86.8 Å². The summed E-state index contributed by atoms with van der Waals surface area (Å²) < 4.78 is 27.0.